The molecule has 2 aromatic rings. The molecule has 0 aliphatic heterocycles. The van der Waals surface area contributed by atoms with Crippen molar-refractivity contribution in [3.8, 4) is 5.88 Å². The average Bonchev–Trinajstić information content (AvgIpc) is 2.55. The Hall–Kier alpha value is -2.69. The van der Waals surface area contributed by atoms with Gasteiger partial charge in [0, 0.05) is 6.20 Å². The Balaban J connectivity index is 2.14. The number of benzene rings is 1. The number of hydrogen-bond acceptors (Lipinski definition) is 4. The van der Waals surface area contributed by atoms with Gasteiger partial charge in [0.25, 0.3) is 5.91 Å². The number of nitrogens with zero attached hydrogens (tertiary/aromatic N) is 1. The van der Waals surface area contributed by atoms with Crippen LogP contribution in [0.5, 0.6) is 5.88 Å². The van der Waals surface area contributed by atoms with Crippen LogP contribution < -0.4 is 10.1 Å². The van der Waals surface area contributed by atoms with Gasteiger partial charge in [-0.15, -0.1) is 0 Å². The monoisotopic (exact) mass is 298 g/mol. The lowest BCUT2D eigenvalue weighted by Crippen LogP contribution is -2.41. The number of hydrogen-bond donors (Lipinski definition) is 1. The highest BCUT2D eigenvalue weighted by Crippen LogP contribution is 2.14. The number of rotatable bonds is 6. The molecule has 0 spiro atoms. The molecule has 22 heavy (non-hydrogen) atoms. The highest BCUT2D eigenvalue weighted by atomic mass is 16.5. The summed E-state index contributed by atoms with van der Waals surface area (Å²) in [7, 11) is 1.45. The number of pyridine rings is 1. The minimum absolute atomic E-state index is 0.0972. The normalized spacial score (nSPS) is 11.5. The topological polar surface area (TPSA) is 68.3 Å². The molecule has 1 atom stereocenters. The van der Waals surface area contributed by atoms with E-state index in [1.54, 1.807) is 18.3 Å². The highest BCUT2D eigenvalue weighted by Gasteiger charge is 2.20. The first kappa shape index (κ1) is 15.7. The Bertz CT molecular complexity index is 656. The van der Waals surface area contributed by atoms with E-state index < -0.39 is 6.04 Å². The Morgan fingerprint density at radius 3 is 2.55 bits per heavy atom. The number of amides is 1. The molecule has 1 aromatic carbocycles. The van der Waals surface area contributed by atoms with Gasteiger partial charge in [-0.25, -0.2) is 4.98 Å². The Morgan fingerprint density at radius 2 is 1.91 bits per heavy atom. The number of nitrogens with one attached hydrogen (secondary N) is 1. The molecule has 5 nitrogen and oxygen atoms in total. The largest absolute Gasteiger partial charge is 0.480 e. The van der Waals surface area contributed by atoms with Crippen molar-refractivity contribution in [1.82, 2.24) is 10.3 Å². The second kappa shape index (κ2) is 7.36. The summed E-state index contributed by atoms with van der Waals surface area (Å²) in [5.41, 5.74) is 1.30. The molecule has 0 radical (unpaired) electrons. The van der Waals surface area contributed by atoms with Gasteiger partial charge in [0.15, 0.2) is 5.78 Å². The number of ketones is 1. The van der Waals surface area contributed by atoms with Crippen LogP contribution in [0.3, 0.4) is 0 Å². The summed E-state index contributed by atoms with van der Waals surface area (Å²) in [4.78, 5) is 28.1. The second-order valence-electron chi connectivity index (χ2n) is 4.89. The van der Waals surface area contributed by atoms with Crippen LogP contribution in [0.4, 0.5) is 0 Å². The van der Waals surface area contributed by atoms with E-state index in [2.05, 4.69) is 10.3 Å². The summed E-state index contributed by atoms with van der Waals surface area (Å²) in [6.45, 7) is 1.47. The summed E-state index contributed by atoms with van der Waals surface area (Å²) in [6, 6.07) is 12.2. The number of Topliss-reactive ketones (excluding diaryl/α,β-unsaturated/α-hetero) is 1. The number of carbonyl (C=O) groups excluding carboxylic acids is 2. The molecule has 5 heteroatoms. The molecule has 1 aromatic heterocycles. The molecular weight excluding hydrogens is 280 g/mol. The van der Waals surface area contributed by atoms with E-state index in [9.17, 15) is 9.59 Å². The molecule has 1 N–H and O–H groups in total. The molecule has 1 amide bonds. The van der Waals surface area contributed by atoms with Gasteiger partial charge >= 0.3 is 0 Å². The fraction of sp³-hybridized carbons (Fsp3) is 0.235. The molecule has 1 heterocycles. The van der Waals surface area contributed by atoms with Crippen LogP contribution >= 0.6 is 0 Å². The maximum absolute atomic E-state index is 12.3. The van der Waals surface area contributed by atoms with Crippen LogP contribution in [0.25, 0.3) is 0 Å². The predicted molar refractivity (Wildman–Crippen MR) is 82.9 cm³/mol. The van der Waals surface area contributed by atoms with Gasteiger partial charge in [-0.05, 0) is 31.0 Å². The zero-order valence-corrected chi connectivity index (χ0v) is 12.6. The first-order valence-electron chi connectivity index (χ1n) is 6.96. The number of ether oxygens (including phenoxy) is 1. The van der Waals surface area contributed by atoms with E-state index in [-0.39, 0.29) is 17.6 Å². The highest BCUT2D eigenvalue weighted by molar-refractivity contribution is 5.99. The van der Waals surface area contributed by atoms with Crippen molar-refractivity contribution in [1.29, 1.82) is 0 Å². The van der Waals surface area contributed by atoms with Crippen LogP contribution in [0.1, 0.15) is 22.8 Å². The third-order valence-electron chi connectivity index (χ3n) is 3.29. The Kier molecular flexibility index (Phi) is 5.25. The minimum atomic E-state index is -0.584. The maximum atomic E-state index is 12.3. The van der Waals surface area contributed by atoms with Gasteiger partial charge in [-0.1, -0.05) is 30.3 Å². The smallest absolute Gasteiger partial charge is 0.257 e. The predicted octanol–water partition coefficient (Wildman–Crippen LogP) is 2.02. The molecule has 114 valence electrons. The van der Waals surface area contributed by atoms with E-state index >= 15 is 0 Å². The summed E-state index contributed by atoms with van der Waals surface area (Å²) in [6.07, 6.45) is 1.99. The van der Waals surface area contributed by atoms with Crippen molar-refractivity contribution < 1.29 is 14.3 Å². The summed E-state index contributed by atoms with van der Waals surface area (Å²) in [5.74, 6) is -0.233. The zero-order valence-electron chi connectivity index (χ0n) is 12.6. The first-order chi connectivity index (χ1) is 10.6. The van der Waals surface area contributed by atoms with Crippen LogP contribution in [-0.2, 0) is 11.2 Å². The minimum Gasteiger partial charge on any atom is -0.480 e. The van der Waals surface area contributed by atoms with E-state index in [1.165, 1.54) is 14.0 Å². The molecule has 0 saturated heterocycles. The number of carbonyl (C=O) groups is 2. The van der Waals surface area contributed by atoms with Crippen molar-refractivity contribution in [2.24, 2.45) is 0 Å². The number of aromatic nitrogens is 1. The van der Waals surface area contributed by atoms with Crippen molar-refractivity contribution >= 4 is 11.7 Å². The van der Waals surface area contributed by atoms with Crippen LogP contribution in [0.15, 0.2) is 48.7 Å². The standard InChI is InChI=1S/C17H18N2O3/c1-12(20)15(11-13-7-4-3-5-8-13)19-16(21)14-9-6-10-18-17(14)22-2/h3-10,15H,11H2,1-2H3,(H,19,21)/t15-/m1/s1. The molecule has 0 aliphatic carbocycles. The van der Waals surface area contributed by atoms with E-state index in [0.717, 1.165) is 5.56 Å². The lowest BCUT2D eigenvalue weighted by Gasteiger charge is -2.16. The number of methoxy groups -OCH3 is 1. The third-order valence-corrected chi connectivity index (χ3v) is 3.29. The van der Waals surface area contributed by atoms with E-state index in [4.69, 9.17) is 4.74 Å². The fourth-order valence-electron chi connectivity index (χ4n) is 2.11. The van der Waals surface area contributed by atoms with Crippen molar-refractivity contribution in [2.45, 2.75) is 19.4 Å². The quantitative estimate of drug-likeness (QED) is 0.886. The Labute approximate surface area is 129 Å². The molecule has 0 unspecified atom stereocenters. The van der Waals surface area contributed by atoms with Gasteiger partial charge in [0.2, 0.25) is 5.88 Å². The van der Waals surface area contributed by atoms with Gasteiger partial charge in [-0.2, -0.15) is 0 Å². The van der Waals surface area contributed by atoms with Crippen LogP contribution in [-0.4, -0.2) is 29.8 Å². The second-order valence-corrected chi connectivity index (χ2v) is 4.89. The van der Waals surface area contributed by atoms with Crippen LogP contribution in [0.2, 0.25) is 0 Å². The summed E-state index contributed by atoms with van der Waals surface area (Å²) >= 11 is 0. The molecule has 0 bridgehead atoms. The average molecular weight is 298 g/mol. The Morgan fingerprint density at radius 1 is 1.18 bits per heavy atom. The SMILES string of the molecule is COc1ncccc1C(=O)N[C@H](Cc1ccccc1)C(C)=O. The first-order valence-corrected chi connectivity index (χ1v) is 6.96. The third kappa shape index (κ3) is 3.91. The lowest BCUT2D eigenvalue weighted by atomic mass is 10.0. The summed E-state index contributed by atoms with van der Waals surface area (Å²) in [5, 5.41) is 2.75. The van der Waals surface area contributed by atoms with Crippen molar-refractivity contribution in [2.75, 3.05) is 7.11 Å². The van der Waals surface area contributed by atoms with Crippen molar-refractivity contribution in [3.63, 3.8) is 0 Å². The van der Waals surface area contributed by atoms with Crippen molar-refractivity contribution in [3.05, 3.63) is 59.8 Å². The van der Waals surface area contributed by atoms with E-state index in [0.29, 0.717) is 12.0 Å². The lowest BCUT2D eigenvalue weighted by molar-refractivity contribution is -0.118. The molecule has 0 fully saturated rings. The van der Waals surface area contributed by atoms with Gasteiger partial charge in [0.05, 0.1) is 13.2 Å². The summed E-state index contributed by atoms with van der Waals surface area (Å²) < 4.78 is 5.07. The van der Waals surface area contributed by atoms with Gasteiger partial charge in [0.1, 0.15) is 5.56 Å². The zero-order chi connectivity index (χ0) is 15.9. The molecule has 2 rings (SSSR count). The fourth-order valence-corrected chi connectivity index (χ4v) is 2.11. The maximum Gasteiger partial charge on any atom is 0.257 e. The van der Waals surface area contributed by atoms with Crippen LogP contribution in [0, 0.1) is 0 Å². The van der Waals surface area contributed by atoms with Gasteiger partial charge in [-0.3, -0.25) is 9.59 Å². The van der Waals surface area contributed by atoms with Gasteiger partial charge < -0.3 is 10.1 Å². The molecule has 0 saturated carbocycles. The van der Waals surface area contributed by atoms with E-state index in [1.807, 2.05) is 30.3 Å². The molecule has 0 aliphatic rings. The molecular formula is C17H18N2O3.